The molecule has 224 valence electrons. The van der Waals surface area contributed by atoms with Gasteiger partial charge in [-0.2, -0.15) is 18.2 Å². The molecule has 0 aliphatic heterocycles. The molecule has 0 amide bonds. The topological polar surface area (TPSA) is 139 Å². The number of rotatable bonds is 9. The molecule has 0 radical (unpaired) electrons. The lowest BCUT2D eigenvalue weighted by Gasteiger charge is -2.33. The maximum atomic E-state index is 14.0. The van der Waals surface area contributed by atoms with Gasteiger partial charge in [0.25, 0.3) is 0 Å². The highest BCUT2D eigenvalue weighted by Gasteiger charge is 2.45. The fourth-order valence-electron chi connectivity index (χ4n) is 5.11. The van der Waals surface area contributed by atoms with Gasteiger partial charge in [-0.25, -0.2) is 4.98 Å². The van der Waals surface area contributed by atoms with Gasteiger partial charge in [0.1, 0.15) is 17.1 Å². The van der Waals surface area contributed by atoms with Crippen LogP contribution in [0.4, 0.5) is 36.3 Å². The number of fused-ring (bicyclic) bond motifs is 1. The summed E-state index contributed by atoms with van der Waals surface area (Å²) in [6.45, 7) is 4.98. The third-order valence-corrected chi connectivity index (χ3v) is 9.46. The van der Waals surface area contributed by atoms with Gasteiger partial charge in [-0.15, -0.1) is 0 Å². The zero-order valence-corrected chi connectivity index (χ0v) is 24.5. The predicted molar refractivity (Wildman–Crippen MR) is 155 cm³/mol. The van der Waals surface area contributed by atoms with Gasteiger partial charge in [0.2, 0.25) is 5.95 Å². The number of aromatic nitrogens is 3. The van der Waals surface area contributed by atoms with Crippen LogP contribution in [0.3, 0.4) is 0 Å². The molecule has 0 atom stereocenters. The summed E-state index contributed by atoms with van der Waals surface area (Å²) in [5.41, 5.74) is 0.218. The van der Waals surface area contributed by atoms with Crippen LogP contribution in [0.1, 0.15) is 43.4 Å². The maximum Gasteiger partial charge on any atom is 0.421 e. The van der Waals surface area contributed by atoms with E-state index in [9.17, 15) is 32.3 Å². The van der Waals surface area contributed by atoms with Crippen LogP contribution in [-0.4, -0.2) is 31.4 Å². The molecule has 0 aliphatic carbocycles. The van der Waals surface area contributed by atoms with Crippen molar-refractivity contribution in [2.24, 2.45) is 7.05 Å². The van der Waals surface area contributed by atoms with Gasteiger partial charge < -0.3 is 29.7 Å². The van der Waals surface area contributed by atoms with E-state index in [-0.39, 0.29) is 46.7 Å². The number of alkyl halides is 3. The number of anilines is 4. The first-order valence-corrected chi connectivity index (χ1v) is 14.6. The highest BCUT2D eigenvalue weighted by atomic mass is 31.2. The van der Waals surface area contributed by atoms with E-state index in [0.717, 1.165) is 0 Å². The molecule has 42 heavy (non-hydrogen) atoms. The SMILES string of the molecule is CCC(CC)(c1ccc(Nc2ncc(C(F)(F)F)c(Nc3cccc4c3c(=O)c(C)cn4C)n2)c(OC)c1)P(=O)(O)O. The largest absolute Gasteiger partial charge is 0.495 e. The molecule has 0 bridgehead atoms. The van der Waals surface area contributed by atoms with Crippen molar-refractivity contribution in [3.63, 3.8) is 0 Å². The predicted octanol–water partition coefficient (Wildman–Crippen LogP) is 6.34. The first-order valence-electron chi connectivity index (χ1n) is 13.0. The average molecular weight is 606 g/mol. The lowest BCUT2D eigenvalue weighted by molar-refractivity contribution is -0.137. The summed E-state index contributed by atoms with van der Waals surface area (Å²) >= 11 is 0. The Kier molecular flexibility index (Phi) is 8.41. The number of hydrogen-bond acceptors (Lipinski definition) is 7. The van der Waals surface area contributed by atoms with E-state index in [1.165, 1.54) is 31.4 Å². The molecule has 0 saturated carbocycles. The van der Waals surface area contributed by atoms with E-state index >= 15 is 0 Å². The van der Waals surface area contributed by atoms with Crippen LogP contribution in [0.15, 0.2) is 53.6 Å². The molecule has 4 aromatic rings. The van der Waals surface area contributed by atoms with Crippen molar-refractivity contribution in [3.05, 3.63) is 75.7 Å². The smallest absolute Gasteiger partial charge is 0.421 e. The van der Waals surface area contributed by atoms with Crippen LogP contribution in [0.2, 0.25) is 0 Å². The summed E-state index contributed by atoms with van der Waals surface area (Å²) in [5, 5.41) is 4.30. The molecule has 2 heterocycles. The number of benzene rings is 2. The zero-order valence-electron chi connectivity index (χ0n) is 23.6. The number of nitrogens with zero attached hydrogens (tertiary/aromatic N) is 3. The van der Waals surface area contributed by atoms with Crippen molar-refractivity contribution in [1.82, 2.24) is 14.5 Å². The molecule has 4 rings (SSSR count). The van der Waals surface area contributed by atoms with E-state index in [0.29, 0.717) is 22.8 Å². The number of ether oxygens (including phenoxy) is 1. The van der Waals surface area contributed by atoms with Crippen LogP contribution >= 0.6 is 7.60 Å². The monoisotopic (exact) mass is 605 g/mol. The molecule has 4 N–H and O–H groups in total. The van der Waals surface area contributed by atoms with Crippen molar-refractivity contribution < 1.29 is 32.3 Å². The van der Waals surface area contributed by atoms with Crippen LogP contribution < -0.4 is 20.8 Å². The summed E-state index contributed by atoms with van der Waals surface area (Å²) in [6, 6.07) is 9.29. The summed E-state index contributed by atoms with van der Waals surface area (Å²) in [6.07, 6.45) is -2.21. The molecular weight excluding hydrogens is 574 g/mol. The standard InChI is InChI=1S/C28H31F3N5O5P/c1-6-27(7-2,42(38,39)40)17-11-12-19(22(13-17)41-5)34-26-32-14-18(28(29,30)31)25(35-26)33-20-9-8-10-21-23(20)24(37)16(3)15-36(21)4/h8-15H,6-7H2,1-5H3,(H2,38,39,40)(H2,32,33,34,35). The number of hydrogen-bond donors (Lipinski definition) is 4. The van der Waals surface area contributed by atoms with Gasteiger partial charge in [0.05, 0.1) is 34.5 Å². The summed E-state index contributed by atoms with van der Waals surface area (Å²) in [5.74, 6) is -0.615. The minimum Gasteiger partial charge on any atom is -0.495 e. The van der Waals surface area contributed by atoms with Crippen molar-refractivity contribution in [1.29, 1.82) is 0 Å². The number of pyridine rings is 1. The van der Waals surface area contributed by atoms with E-state index < -0.39 is 30.3 Å². The Hall–Kier alpha value is -3.93. The average Bonchev–Trinajstić information content (AvgIpc) is 2.92. The third-order valence-electron chi connectivity index (χ3n) is 7.45. The van der Waals surface area contributed by atoms with Crippen molar-refractivity contribution in [2.45, 2.75) is 44.9 Å². The molecule has 0 saturated heterocycles. The highest BCUT2D eigenvalue weighted by Crippen LogP contribution is 2.61. The van der Waals surface area contributed by atoms with Crippen LogP contribution in [0, 0.1) is 6.92 Å². The van der Waals surface area contributed by atoms with Crippen LogP contribution in [0.25, 0.3) is 10.9 Å². The third kappa shape index (κ3) is 5.59. The zero-order chi connectivity index (χ0) is 31.0. The molecular formula is C28H31F3N5O5P. The van der Waals surface area contributed by atoms with Crippen LogP contribution in [0.5, 0.6) is 5.75 Å². The van der Waals surface area contributed by atoms with Crippen LogP contribution in [-0.2, 0) is 22.9 Å². The summed E-state index contributed by atoms with van der Waals surface area (Å²) < 4.78 is 61.5. The second-order valence-corrected chi connectivity index (χ2v) is 11.8. The van der Waals surface area contributed by atoms with E-state index in [2.05, 4.69) is 20.6 Å². The molecule has 0 unspecified atom stereocenters. The van der Waals surface area contributed by atoms with Crippen molar-refractivity contribution in [2.75, 3.05) is 17.7 Å². The van der Waals surface area contributed by atoms with Gasteiger partial charge in [-0.1, -0.05) is 26.0 Å². The first kappa shape index (κ1) is 31.0. The Labute approximate surface area is 239 Å². The minimum absolute atomic E-state index is 0.141. The molecule has 0 fully saturated rings. The Morgan fingerprint density at radius 2 is 1.76 bits per heavy atom. The highest BCUT2D eigenvalue weighted by molar-refractivity contribution is 7.53. The van der Waals surface area contributed by atoms with Gasteiger partial charge in [0, 0.05) is 25.0 Å². The normalized spacial score (nSPS) is 12.4. The number of halogens is 3. The lowest BCUT2D eigenvalue weighted by atomic mass is 9.92. The molecule has 0 aliphatic rings. The summed E-state index contributed by atoms with van der Waals surface area (Å²) in [4.78, 5) is 41.1. The van der Waals surface area contributed by atoms with Gasteiger partial charge in [-0.05, 0) is 49.6 Å². The van der Waals surface area contributed by atoms with E-state index in [1.807, 2.05) is 0 Å². The maximum absolute atomic E-state index is 14.0. The lowest BCUT2D eigenvalue weighted by Crippen LogP contribution is -2.24. The Morgan fingerprint density at radius 1 is 1.07 bits per heavy atom. The number of methoxy groups -OCH3 is 1. The molecule has 2 aromatic heterocycles. The van der Waals surface area contributed by atoms with Gasteiger partial charge in [-0.3, -0.25) is 9.36 Å². The van der Waals surface area contributed by atoms with Crippen molar-refractivity contribution in [3.8, 4) is 5.75 Å². The minimum atomic E-state index is -4.81. The quantitative estimate of drug-likeness (QED) is 0.161. The Balaban J connectivity index is 1.79. The van der Waals surface area contributed by atoms with E-state index in [4.69, 9.17) is 4.74 Å². The van der Waals surface area contributed by atoms with E-state index in [1.54, 1.807) is 50.7 Å². The van der Waals surface area contributed by atoms with Gasteiger partial charge in [0.15, 0.2) is 5.43 Å². The fourth-order valence-corrected chi connectivity index (χ4v) is 6.41. The number of nitrogens with one attached hydrogen (secondary N) is 2. The molecule has 10 nitrogen and oxygen atoms in total. The molecule has 2 aromatic carbocycles. The molecule has 0 spiro atoms. The van der Waals surface area contributed by atoms with Gasteiger partial charge >= 0.3 is 13.8 Å². The summed E-state index contributed by atoms with van der Waals surface area (Å²) in [7, 11) is -1.48. The second kappa shape index (κ2) is 11.4. The first-order chi connectivity index (χ1) is 19.7. The Morgan fingerprint density at radius 3 is 2.36 bits per heavy atom. The second-order valence-electron chi connectivity index (χ2n) is 9.85. The number of aryl methyl sites for hydroxylation is 2. The van der Waals surface area contributed by atoms with Crippen molar-refractivity contribution >= 4 is 41.6 Å². The molecule has 14 heteroatoms. The Bertz CT molecular complexity index is 1750. The fraction of sp³-hybridized carbons (Fsp3) is 0.321.